The molecule has 2 rings (SSSR count). The molecule has 0 spiro atoms. The third-order valence-corrected chi connectivity index (χ3v) is 2.18. The van der Waals surface area contributed by atoms with Crippen molar-refractivity contribution in [2.45, 2.75) is 18.9 Å². The SMILES string of the molecule is Fc1c(Cl)cccc1NC1CC1. The average molecular weight is 186 g/mol. The zero-order valence-corrected chi connectivity index (χ0v) is 7.24. The van der Waals surface area contributed by atoms with Crippen molar-refractivity contribution in [3.8, 4) is 0 Å². The Balaban J connectivity index is 2.23. The van der Waals surface area contributed by atoms with E-state index < -0.39 is 0 Å². The van der Waals surface area contributed by atoms with Crippen LogP contribution in [0.5, 0.6) is 0 Å². The van der Waals surface area contributed by atoms with Crippen LogP contribution in [0.25, 0.3) is 0 Å². The molecule has 1 aliphatic carbocycles. The topological polar surface area (TPSA) is 12.0 Å². The fraction of sp³-hybridized carbons (Fsp3) is 0.333. The summed E-state index contributed by atoms with van der Waals surface area (Å²) in [6.45, 7) is 0. The number of nitrogens with one attached hydrogen (secondary N) is 1. The minimum Gasteiger partial charge on any atom is -0.380 e. The first-order chi connectivity index (χ1) is 5.77. The smallest absolute Gasteiger partial charge is 0.164 e. The van der Waals surface area contributed by atoms with Crippen LogP contribution >= 0.6 is 11.6 Å². The third kappa shape index (κ3) is 1.53. The Bertz CT molecular complexity index is 297. The zero-order chi connectivity index (χ0) is 8.55. The lowest BCUT2D eigenvalue weighted by Crippen LogP contribution is -2.02. The maximum absolute atomic E-state index is 13.2. The fourth-order valence-electron chi connectivity index (χ4n) is 1.06. The lowest BCUT2D eigenvalue weighted by Gasteiger charge is -2.05. The van der Waals surface area contributed by atoms with E-state index in [1.807, 2.05) is 0 Å². The second-order valence-corrected chi connectivity index (χ2v) is 3.43. The number of anilines is 1. The van der Waals surface area contributed by atoms with Crippen LogP contribution in [0.3, 0.4) is 0 Å². The molecule has 0 unspecified atom stereocenters. The van der Waals surface area contributed by atoms with E-state index in [0.29, 0.717) is 11.7 Å². The van der Waals surface area contributed by atoms with Gasteiger partial charge in [-0.2, -0.15) is 0 Å². The standard InChI is InChI=1S/C9H9ClFN/c10-7-2-1-3-8(9(7)11)12-6-4-5-6/h1-3,6,12H,4-5H2. The van der Waals surface area contributed by atoms with E-state index in [1.54, 1.807) is 18.2 Å². The van der Waals surface area contributed by atoms with Crippen LogP contribution in [0.15, 0.2) is 18.2 Å². The predicted molar refractivity (Wildman–Crippen MR) is 48.1 cm³/mol. The Morgan fingerprint density at radius 3 is 2.83 bits per heavy atom. The van der Waals surface area contributed by atoms with Crippen molar-refractivity contribution in [1.29, 1.82) is 0 Å². The van der Waals surface area contributed by atoms with Gasteiger partial charge in [0, 0.05) is 6.04 Å². The molecule has 1 N–H and O–H groups in total. The largest absolute Gasteiger partial charge is 0.380 e. The minimum atomic E-state index is -0.342. The van der Waals surface area contributed by atoms with Gasteiger partial charge in [0.25, 0.3) is 0 Å². The first kappa shape index (κ1) is 7.87. The van der Waals surface area contributed by atoms with Crippen LogP contribution in [0, 0.1) is 5.82 Å². The molecule has 12 heavy (non-hydrogen) atoms. The molecule has 0 heterocycles. The molecule has 0 amide bonds. The molecule has 3 heteroatoms. The summed E-state index contributed by atoms with van der Waals surface area (Å²) in [5.41, 5.74) is 0.519. The molecule has 1 fully saturated rings. The summed E-state index contributed by atoms with van der Waals surface area (Å²) in [5.74, 6) is -0.342. The number of halogens is 2. The normalized spacial score (nSPS) is 16.2. The van der Waals surface area contributed by atoms with E-state index in [2.05, 4.69) is 5.32 Å². The van der Waals surface area contributed by atoms with Crippen molar-refractivity contribution in [3.05, 3.63) is 29.0 Å². The monoisotopic (exact) mass is 185 g/mol. The molecule has 0 aliphatic heterocycles. The van der Waals surface area contributed by atoms with Crippen molar-refractivity contribution >= 4 is 17.3 Å². The third-order valence-electron chi connectivity index (χ3n) is 1.89. The van der Waals surface area contributed by atoms with Gasteiger partial charge in [0.2, 0.25) is 0 Å². The molecular formula is C9H9ClFN. The average Bonchev–Trinajstić information content (AvgIpc) is 2.83. The fourth-order valence-corrected chi connectivity index (χ4v) is 1.24. The molecular weight excluding hydrogens is 177 g/mol. The number of rotatable bonds is 2. The Hall–Kier alpha value is -0.760. The maximum Gasteiger partial charge on any atom is 0.164 e. The van der Waals surface area contributed by atoms with Gasteiger partial charge in [-0.25, -0.2) is 4.39 Å². The predicted octanol–water partition coefficient (Wildman–Crippen LogP) is 3.05. The molecule has 0 saturated heterocycles. The number of hydrogen-bond acceptors (Lipinski definition) is 1. The van der Waals surface area contributed by atoms with E-state index in [1.165, 1.54) is 0 Å². The van der Waals surface area contributed by atoms with Crippen LogP contribution in [0.2, 0.25) is 5.02 Å². The Morgan fingerprint density at radius 1 is 1.42 bits per heavy atom. The van der Waals surface area contributed by atoms with Crippen LogP contribution in [-0.2, 0) is 0 Å². The van der Waals surface area contributed by atoms with E-state index in [0.717, 1.165) is 12.8 Å². The second kappa shape index (κ2) is 2.94. The molecule has 1 aliphatic rings. The maximum atomic E-state index is 13.2. The zero-order valence-electron chi connectivity index (χ0n) is 6.48. The highest BCUT2D eigenvalue weighted by atomic mass is 35.5. The van der Waals surface area contributed by atoms with Gasteiger partial charge >= 0.3 is 0 Å². The van der Waals surface area contributed by atoms with Crippen molar-refractivity contribution in [1.82, 2.24) is 0 Å². The molecule has 0 radical (unpaired) electrons. The first-order valence-corrected chi connectivity index (χ1v) is 4.36. The molecule has 0 atom stereocenters. The van der Waals surface area contributed by atoms with Gasteiger partial charge in [0.1, 0.15) is 0 Å². The Kier molecular flexibility index (Phi) is 1.93. The highest BCUT2D eigenvalue weighted by Gasteiger charge is 2.22. The van der Waals surface area contributed by atoms with Gasteiger partial charge < -0.3 is 5.32 Å². The van der Waals surface area contributed by atoms with Gasteiger partial charge in [0.15, 0.2) is 5.82 Å². The summed E-state index contributed by atoms with van der Waals surface area (Å²) < 4.78 is 13.2. The molecule has 0 aromatic heterocycles. The lowest BCUT2D eigenvalue weighted by atomic mass is 10.3. The van der Waals surface area contributed by atoms with Crippen LogP contribution < -0.4 is 5.32 Å². The first-order valence-electron chi connectivity index (χ1n) is 3.98. The lowest BCUT2D eigenvalue weighted by molar-refractivity contribution is 0.630. The van der Waals surface area contributed by atoms with Gasteiger partial charge in [-0.15, -0.1) is 0 Å². The van der Waals surface area contributed by atoms with Crippen LogP contribution in [-0.4, -0.2) is 6.04 Å². The van der Waals surface area contributed by atoms with Crippen LogP contribution in [0.4, 0.5) is 10.1 Å². The number of hydrogen-bond donors (Lipinski definition) is 1. The summed E-state index contributed by atoms with van der Waals surface area (Å²) in [5, 5.41) is 3.25. The second-order valence-electron chi connectivity index (χ2n) is 3.02. The van der Waals surface area contributed by atoms with Gasteiger partial charge in [0.05, 0.1) is 10.7 Å². The van der Waals surface area contributed by atoms with E-state index in [-0.39, 0.29) is 10.8 Å². The molecule has 1 saturated carbocycles. The van der Waals surface area contributed by atoms with Crippen LogP contribution in [0.1, 0.15) is 12.8 Å². The Morgan fingerprint density at radius 2 is 2.17 bits per heavy atom. The van der Waals surface area contributed by atoms with Crippen molar-refractivity contribution in [2.24, 2.45) is 0 Å². The van der Waals surface area contributed by atoms with E-state index >= 15 is 0 Å². The van der Waals surface area contributed by atoms with Gasteiger partial charge in [-0.1, -0.05) is 17.7 Å². The minimum absolute atomic E-state index is 0.181. The Labute approximate surface area is 75.5 Å². The molecule has 1 aromatic rings. The summed E-state index contributed by atoms with van der Waals surface area (Å²) >= 11 is 5.60. The summed E-state index contributed by atoms with van der Waals surface area (Å²) in [7, 11) is 0. The summed E-state index contributed by atoms with van der Waals surface area (Å²) in [6.07, 6.45) is 2.26. The van der Waals surface area contributed by atoms with Gasteiger partial charge in [-0.3, -0.25) is 0 Å². The quantitative estimate of drug-likeness (QED) is 0.747. The molecule has 1 nitrogen and oxygen atoms in total. The van der Waals surface area contributed by atoms with Crippen molar-refractivity contribution in [3.63, 3.8) is 0 Å². The van der Waals surface area contributed by atoms with E-state index in [9.17, 15) is 4.39 Å². The highest BCUT2D eigenvalue weighted by molar-refractivity contribution is 6.31. The van der Waals surface area contributed by atoms with Crippen molar-refractivity contribution < 1.29 is 4.39 Å². The molecule has 64 valence electrons. The van der Waals surface area contributed by atoms with E-state index in [4.69, 9.17) is 11.6 Å². The summed E-state index contributed by atoms with van der Waals surface area (Å²) in [4.78, 5) is 0. The number of benzene rings is 1. The van der Waals surface area contributed by atoms with Crippen molar-refractivity contribution in [2.75, 3.05) is 5.32 Å². The molecule has 1 aromatic carbocycles. The molecule has 0 bridgehead atoms. The highest BCUT2D eigenvalue weighted by Crippen LogP contribution is 2.28. The van der Waals surface area contributed by atoms with Gasteiger partial charge in [-0.05, 0) is 25.0 Å². The summed E-state index contributed by atoms with van der Waals surface area (Å²) in [6, 6.07) is 5.46.